The largest absolute Gasteiger partial charge is 0.465 e. The van der Waals surface area contributed by atoms with Gasteiger partial charge in [-0.15, -0.1) is 16.2 Å². The van der Waals surface area contributed by atoms with Crippen molar-refractivity contribution in [3.63, 3.8) is 0 Å². The summed E-state index contributed by atoms with van der Waals surface area (Å²) in [5.74, 6) is -1.04. The molecule has 0 saturated heterocycles. The molecule has 150 valence electrons. The van der Waals surface area contributed by atoms with E-state index in [-0.39, 0.29) is 10.5 Å². The van der Waals surface area contributed by atoms with Crippen molar-refractivity contribution in [2.75, 3.05) is 7.11 Å². The highest BCUT2D eigenvalue weighted by atomic mass is 32.2. The van der Waals surface area contributed by atoms with Crippen LogP contribution in [-0.4, -0.2) is 27.4 Å². The lowest BCUT2D eigenvalue weighted by atomic mass is 10.00. The summed E-state index contributed by atoms with van der Waals surface area (Å²) in [6, 6.07) is 7.11. The van der Waals surface area contributed by atoms with Crippen LogP contribution < -0.4 is 10.3 Å². The molecule has 1 heterocycles. The van der Waals surface area contributed by atoms with Crippen molar-refractivity contribution in [2.24, 2.45) is 0 Å². The highest BCUT2D eigenvalue weighted by molar-refractivity contribution is 7.89. The Hall–Kier alpha value is -2.23. The number of hydrogen-bond acceptors (Lipinski definition) is 6. The third kappa shape index (κ3) is 4.78. The van der Waals surface area contributed by atoms with Gasteiger partial charge in [0.05, 0.1) is 22.4 Å². The minimum atomic E-state index is -3.96. The summed E-state index contributed by atoms with van der Waals surface area (Å²) in [6.07, 6.45) is 6.55. The van der Waals surface area contributed by atoms with Crippen LogP contribution in [-0.2, 0) is 27.6 Å². The molecule has 0 bridgehead atoms. The van der Waals surface area contributed by atoms with E-state index in [0.29, 0.717) is 4.88 Å². The zero-order valence-electron chi connectivity index (χ0n) is 15.5. The van der Waals surface area contributed by atoms with Crippen molar-refractivity contribution >= 4 is 33.2 Å². The van der Waals surface area contributed by atoms with E-state index in [1.54, 1.807) is 0 Å². The van der Waals surface area contributed by atoms with Crippen molar-refractivity contribution < 1.29 is 22.7 Å². The van der Waals surface area contributed by atoms with E-state index in [9.17, 15) is 18.0 Å². The molecular weight excluding hydrogens is 400 g/mol. The van der Waals surface area contributed by atoms with E-state index >= 15 is 0 Å². The van der Waals surface area contributed by atoms with Gasteiger partial charge in [-0.05, 0) is 61.6 Å². The van der Waals surface area contributed by atoms with Crippen LogP contribution >= 0.6 is 11.3 Å². The Morgan fingerprint density at radius 3 is 2.39 bits per heavy atom. The minimum absolute atomic E-state index is 0.0705. The average molecular weight is 423 g/mol. The summed E-state index contributed by atoms with van der Waals surface area (Å²) < 4.78 is 29.3. The number of esters is 1. The predicted molar refractivity (Wildman–Crippen MR) is 106 cm³/mol. The number of thiophene rings is 1. The molecule has 0 spiro atoms. The van der Waals surface area contributed by atoms with Crippen molar-refractivity contribution in [1.29, 1.82) is 0 Å². The van der Waals surface area contributed by atoms with Gasteiger partial charge in [0.25, 0.3) is 15.9 Å². The number of sulfonamides is 1. The number of rotatable bonds is 5. The van der Waals surface area contributed by atoms with Crippen LogP contribution in [0, 0.1) is 0 Å². The van der Waals surface area contributed by atoms with Gasteiger partial charge in [-0.25, -0.2) is 13.2 Å². The lowest BCUT2D eigenvalue weighted by Crippen LogP contribution is -2.41. The van der Waals surface area contributed by atoms with Gasteiger partial charge in [-0.3, -0.25) is 10.2 Å². The quantitative estimate of drug-likeness (QED) is 0.570. The van der Waals surface area contributed by atoms with Crippen LogP contribution in [0.4, 0.5) is 0 Å². The van der Waals surface area contributed by atoms with Crippen molar-refractivity contribution in [3.05, 3.63) is 51.2 Å². The lowest BCUT2D eigenvalue weighted by Gasteiger charge is -2.08. The Balaban J connectivity index is 1.66. The molecule has 0 fully saturated rings. The fourth-order valence-corrected chi connectivity index (χ4v) is 5.07. The van der Waals surface area contributed by atoms with E-state index in [1.165, 1.54) is 66.0 Å². The smallest absolute Gasteiger partial charge is 0.337 e. The standard InChI is InChI=1S/C19H22N2O5S2/c1-26-19(23)13-8-10-15(11-9-13)28(24,25)21-20-18(22)17-12-14-6-4-2-3-5-7-16(14)27-17/h8-12,21H,2-7H2,1H3,(H,20,22). The number of methoxy groups -OCH3 is 1. The second kappa shape index (κ2) is 8.85. The minimum Gasteiger partial charge on any atom is -0.465 e. The number of fused-ring (bicyclic) bond motifs is 1. The summed E-state index contributed by atoms with van der Waals surface area (Å²) in [6.45, 7) is 0. The normalized spacial score (nSPS) is 14.5. The van der Waals surface area contributed by atoms with Gasteiger partial charge in [0, 0.05) is 4.88 Å². The molecule has 1 amide bonds. The predicted octanol–water partition coefficient (Wildman–Crippen LogP) is 2.82. The highest BCUT2D eigenvalue weighted by Gasteiger charge is 2.19. The fraction of sp³-hybridized carbons (Fsp3) is 0.368. The van der Waals surface area contributed by atoms with Gasteiger partial charge in [-0.2, -0.15) is 0 Å². The fourth-order valence-electron chi connectivity index (χ4n) is 3.08. The van der Waals surface area contributed by atoms with Gasteiger partial charge in [-0.1, -0.05) is 12.8 Å². The van der Waals surface area contributed by atoms with E-state index in [4.69, 9.17) is 0 Å². The van der Waals surface area contributed by atoms with Gasteiger partial charge < -0.3 is 4.74 Å². The summed E-state index contributed by atoms with van der Waals surface area (Å²) in [5.41, 5.74) is 3.70. The van der Waals surface area contributed by atoms with Gasteiger partial charge in [0.1, 0.15) is 0 Å². The average Bonchev–Trinajstić information content (AvgIpc) is 3.07. The van der Waals surface area contributed by atoms with Crippen LogP contribution in [0.25, 0.3) is 0 Å². The molecule has 2 N–H and O–H groups in total. The SMILES string of the molecule is COC(=O)c1ccc(S(=O)(=O)NNC(=O)c2cc3c(s2)CCCCCC3)cc1. The number of aryl methyl sites for hydroxylation is 2. The molecule has 28 heavy (non-hydrogen) atoms. The van der Waals surface area contributed by atoms with Gasteiger partial charge >= 0.3 is 5.97 Å². The zero-order valence-corrected chi connectivity index (χ0v) is 17.1. The van der Waals surface area contributed by atoms with Crippen molar-refractivity contribution in [2.45, 2.75) is 43.4 Å². The maximum atomic E-state index is 12.4. The van der Waals surface area contributed by atoms with Gasteiger partial charge in [0.15, 0.2) is 0 Å². The Bertz CT molecular complexity index is 939. The molecule has 0 atom stereocenters. The first-order valence-corrected chi connectivity index (χ1v) is 11.3. The number of hydrazine groups is 1. The first-order valence-electron chi connectivity index (χ1n) is 9.03. The molecule has 9 heteroatoms. The molecule has 0 saturated carbocycles. The van der Waals surface area contributed by atoms with Crippen LogP contribution in [0.5, 0.6) is 0 Å². The third-order valence-corrected chi connectivity index (χ3v) is 7.10. The monoisotopic (exact) mass is 422 g/mol. The molecule has 1 aromatic heterocycles. The van der Waals surface area contributed by atoms with Crippen LogP contribution in [0.3, 0.4) is 0 Å². The molecule has 0 aliphatic heterocycles. The molecule has 0 unspecified atom stereocenters. The molecule has 1 aliphatic carbocycles. The molecular formula is C19H22N2O5S2. The number of nitrogens with one attached hydrogen (secondary N) is 2. The van der Waals surface area contributed by atoms with Gasteiger partial charge in [0.2, 0.25) is 0 Å². The molecule has 3 rings (SSSR count). The zero-order chi connectivity index (χ0) is 20.1. The Kier molecular flexibility index (Phi) is 6.48. The highest BCUT2D eigenvalue weighted by Crippen LogP contribution is 2.28. The first-order chi connectivity index (χ1) is 13.4. The first kappa shape index (κ1) is 20.5. The lowest BCUT2D eigenvalue weighted by molar-refractivity contribution is 0.0600. The van der Waals surface area contributed by atoms with E-state index in [2.05, 4.69) is 15.0 Å². The maximum absolute atomic E-state index is 12.4. The number of carbonyl (C=O) groups excluding carboxylic acids is 2. The topological polar surface area (TPSA) is 102 Å². The number of ether oxygens (including phenoxy) is 1. The summed E-state index contributed by atoms with van der Waals surface area (Å²) in [7, 11) is -2.71. The van der Waals surface area contributed by atoms with Crippen LogP contribution in [0.1, 0.15) is 56.2 Å². The van der Waals surface area contributed by atoms with Crippen molar-refractivity contribution in [1.82, 2.24) is 10.3 Å². The number of amides is 1. The maximum Gasteiger partial charge on any atom is 0.337 e. The van der Waals surface area contributed by atoms with E-state index in [0.717, 1.165) is 25.7 Å². The molecule has 7 nitrogen and oxygen atoms in total. The summed E-state index contributed by atoms with van der Waals surface area (Å²) in [5, 5.41) is 0. The van der Waals surface area contributed by atoms with Crippen LogP contribution in [0.2, 0.25) is 0 Å². The van der Waals surface area contributed by atoms with E-state index in [1.807, 2.05) is 6.07 Å². The molecule has 0 radical (unpaired) electrons. The second-order valence-electron chi connectivity index (χ2n) is 6.55. The van der Waals surface area contributed by atoms with Crippen molar-refractivity contribution in [3.8, 4) is 0 Å². The summed E-state index contributed by atoms with van der Waals surface area (Å²) >= 11 is 1.42. The second-order valence-corrected chi connectivity index (χ2v) is 9.37. The Morgan fingerprint density at radius 2 is 1.71 bits per heavy atom. The Morgan fingerprint density at radius 1 is 1.04 bits per heavy atom. The molecule has 2 aromatic rings. The number of benzene rings is 1. The summed E-state index contributed by atoms with van der Waals surface area (Å²) in [4.78, 5) is 27.6. The Labute approximate surface area is 168 Å². The molecule has 1 aromatic carbocycles. The number of carbonyl (C=O) groups is 2. The third-order valence-electron chi connectivity index (χ3n) is 4.61. The van der Waals surface area contributed by atoms with E-state index < -0.39 is 21.9 Å². The van der Waals surface area contributed by atoms with Crippen LogP contribution in [0.15, 0.2) is 35.2 Å². The number of hydrogen-bond donors (Lipinski definition) is 2. The molecule has 1 aliphatic rings.